The lowest BCUT2D eigenvalue weighted by atomic mass is 9.92. The van der Waals surface area contributed by atoms with E-state index in [1.54, 1.807) is 0 Å². The van der Waals surface area contributed by atoms with Gasteiger partial charge in [0.1, 0.15) is 23.7 Å². The zero-order valence-corrected chi connectivity index (χ0v) is 17.4. The van der Waals surface area contributed by atoms with Gasteiger partial charge in [-0.1, -0.05) is 16.8 Å². The van der Waals surface area contributed by atoms with Gasteiger partial charge in [-0.2, -0.15) is 0 Å². The fourth-order valence-electron chi connectivity index (χ4n) is 4.43. The van der Waals surface area contributed by atoms with Crippen molar-refractivity contribution in [2.24, 2.45) is 7.05 Å². The highest BCUT2D eigenvalue weighted by molar-refractivity contribution is 6.31. The Morgan fingerprint density at radius 2 is 2.21 bits per heavy atom. The van der Waals surface area contributed by atoms with E-state index in [0.717, 1.165) is 46.9 Å². The predicted molar refractivity (Wildman–Crippen MR) is 106 cm³/mol. The lowest BCUT2D eigenvalue weighted by Gasteiger charge is -2.33. The summed E-state index contributed by atoms with van der Waals surface area (Å²) in [7, 11) is 1.46. The van der Waals surface area contributed by atoms with Crippen molar-refractivity contribution in [3.05, 3.63) is 39.7 Å². The van der Waals surface area contributed by atoms with Gasteiger partial charge in [-0.3, -0.25) is 4.90 Å². The number of nitrogens with one attached hydrogen (secondary N) is 1. The quantitative estimate of drug-likeness (QED) is 0.765. The second-order valence-electron chi connectivity index (χ2n) is 7.82. The minimum absolute atomic E-state index is 0.0611. The standard InChI is InChI=1S/C20H26ClF2N5O/c1-12-4-3-9-28(12)10-15-18-13(7-8-24-15)14(21)5-6-17(18)29-11-16-19(20(22)23)27(2)26-25-16/h5-6,12,15,20,24H,3-4,7-11H2,1-2H3. The van der Waals surface area contributed by atoms with Gasteiger partial charge >= 0.3 is 0 Å². The van der Waals surface area contributed by atoms with E-state index < -0.39 is 6.43 Å². The van der Waals surface area contributed by atoms with Gasteiger partial charge in [-0.15, -0.1) is 5.10 Å². The van der Waals surface area contributed by atoms with Gasteiger partial charge in [-0.05, 0) is 57.0 Å². The van der Waals surface area contributed by atoms with Crippen molar-refractivity contribution in [2.75, 3.05) is 19.6 Å². The first-order valence-electron chi connectivity index (χ1n) is 10.0. The maximum Gasteiger partial charge on any atom is 0.282 e. The van der Waals surface area contributed by atoms with Gasteiger partial charge in [0.2, 0.25) is 0 Å². The predicted octanol–water partition coefficient (Wildman–Crippen LogP) is 3.66. The highest BCUT2D eigenvalue weighted by Crippen LogP contribution is 2.38. The van der Waals surface area contributed by atoms with Gasteiger partial charge < -0.3 is 10.1 Å². The Hall–Kier alpha value is -1.77. The van der Waals surface area contributed by atoms with Crippen molar-refractivity contribution in [2.45, 2.75) is 51.3 Å². The van der Waals surface area contributed by atoms with Crippen LogP contribution in [0.1, 0.15) is 54.7 Å². The zero-order valence-electron chi connectivity index (χ0n) is 16.7. The molecule has 2 atom stereocenters. The second kappa shape index (κ2) is 8.53. The van der Waals surface area contributed by atoms with Gasteiger partial charge in [0.05, 0.1) is 0 Å². The first-order valence-corrected chi connectivity index (χ1v) is 10.4. The summed E-state index contributed by atoms with van der Waals surface area (Å²) >= 11 is 6.49. The lowest BCUT2D eigenvalue weighted by Crippen LogP contribution is -2.40. The Morgan fingerprint density at radius 3 is 2.93 bits per heavy atom. The number of hydrogen-bond acceptors (Lipinski definition) is 5. The molecule has 1 fully saturated rings. The van der Waals surface area contributed by atoms with Crippen LogP contribution in [-0.2, 0) is 20.1 Å². The Labute approximate surface area is 174 Å². The number of ether oxygens (including phenoxy) is 1. The number of aryl methyl sites for hydroxylation is 1. The first-order chi connectivity index (χ1) is 14.0. The van der Waals surface area contributed by atoms with Crippen LogP contribution in [0.5, 0.6) is 5.75 Å². The Balaban J connectivity index is 1.60. The van der Waals surface area contributed by atoms with Crippen molar-refractivity contribution in [3.8, 4) is 5.75 Å². The summed E-state index contributed by atoms with van der Waals surface area (Å²) in [6.07, 6.45) is 0.577. The molecule has 0 saturated carbocycles. The average molecular weight is 426 g/mol. The molecule has 158 valence electrons. The molecule has 3 heterocycles. The molecule has 29 heavy (non-hydrogen) atoms. The fraction of sp³-hybridized carbons (Fsp3) is 0.600. The maximum atomic E-state index is 13.3. The molecule has 4 rings (SSSR count). The maximum absolute atomic E-state index is 13.3. The van der Waals surface area contributed by atoms with E-state index in [4.69, 9.17) is 16.3 Å². The summed E-state index contributed by atoms with van der Waals surface area (Å²) in [5.74, 6) is 0.666. The third-order valence-electron chi connectivity index (χ3n) is 6.00. The second-order valence-corrected chi connectivity index (χ2v) is 8.22. The molecule has 1 aromatic heterocycles. The molecule has 0 bridgehead atoms. The molecule has 2 unspecified atom stereocenters. The van der Waals surface area contributed by atoms with Crippen LogP contribution in [0.25, 0.3) is 0 Å². The number of aromatic nitrogens is 3. The number of halogens is 3. The van der Waals surface area contributed by atoms with E-state index in [1.165, 1.54) is 19.9 Å². The van der Waals surface area contributed by atoms with Crippen molar-refractivity contribution in [3.63, 3.8) is 0 Å². The van der Waals surface area contributed by atoms with Gasteiger partial charge in [0.15, 0.2) is 0 Å². The number of likely N-dealkylation sites (tertiary alicyclic amines) is 1. The van der Waals surface area contributed by atoms with Gasteiger partial charge in [0, 0.05) is 36.3 Å². The Morgan fingerprint density at radius 1 is 1.38 bits per heavy atom. The van der Waals surface area contributed by atoms with Crippen LogP contribution in [0.3, 0.4) is 0 Å². The van der Waals surface area contributed by atoms with Crippen LogP contribution < -0.4 is 10.1 Å². The molecule has 0 amide bonds. The number of hydrogen-bond donors (Lipinski definition) is 1. The molecule has 2 aliphatic rings. The summed E-state index contributed by atoms with van der Waals surface area (Å²) < 4.78 is 33.7. The molecule has 1 saturated heterocycles. The molecule has 0 aliphatic carbocycles. The molecule has 0 spiro atoms. The highest BCUT2D eigenvalue weighted by Gasteiger charge is 2.30. The number of nitrogens with zero attached hydrogens (tertiary/aromatic N) is 4. The van der Waals surface area contributed by atoms with E-state index in [0.29, 0.717) is 11.8 Å². The van der Waals surface area contributed by atoms with E-state index >= 15 is 0 Å². The van der Waals surface area contributed by atoms with Crippen LogP contribution in [0, 0.1) is 0 Å². The van der Waals surface area contributed by atoms with Crippen LogP contribution in [0.2, 0.25) is 5.02 Å². The Kier molecular flexibility index (Phi) is 6.03. The smallest absolute Gasteiger partial charge is 0.282 e. The molecule has 6 nitrogen and oxygen atoms in total. The summed E-state index contributed by atoms with van der Waals surface area (Å²) in [5.41, 5.74) is 2.05. The number of rotatable bonds is 6. The molecule has 1 aromatic carbocycles. The SMILES string of the molecule is CC1CCCN1CC1NCCc2c(Cl)ccc(OCc3nnn(C)c3C(F)F)c21. The monoisotopic (exact) mass is 425 g/mol. The molecule has 2 aromatic rings. The van der Waals surface area contributed by atoms with E-state index in [2.05, 4.69) is 27.5 Å². The Bertz CT molecular complexity index is 875. The van der Waals surface area contributed by atoms with Crippen molar-refractivity contribution in [1.29, 1.82) is 0 Å². The zero-order chi connectivity index (χ0) is 20.5. The summed E-state index contributed by atoms with van der Waals surface area (Å²) in [4.78, 5) is 2.48. The molecule has 1 N–H and O–H groups in total. The normalized spacial score (nSPS) is 22.3. The van der Waals surface area contributed by atoms with E-state index in [9.17, 15) is 8.78 Å². The molecular weight excluding hydrogens is 400 g/mol. The minimum atomic E-state index is -2.65. The van der Waals surface area contributed by atoms with Crippen molar-refractivity contribution < 1.29 is 13.5 Å². The highest BCUT2D eigenvalue weighted by atomic mass is 35.5. The van der Waals surface area contributed by atoms with Crippen LogP contribution in [-0.4, -0.2) is 45.6 Å². The van der Waals surface area contributed by atoms with Gasteiger partial charge in [-0.25, -0.2) is 13.5 Å². The van der Waals surface area contributed by atoms with Crippen LogP contribution in [0.15, 0.2) is 12.1 Å². The largest absolute Gasteiger partial charge is 0.487 e. The summed E-state index contributed by atoms with van der Waals surface area (Å²) in [6, 6.07) is 4.29. The van der Waals surface area contributed by atoms with Crippen LogP contribution in [0.4, 0.5) is 8.78 Å². The first kappa shape index (κ1) is 20.5. The fourth-order valence-corrected chi connectivity index (χ4v) is 4.69. The molecular formula is C20H26ClF2N5O. The summed E-state index contributed by atoms with van der Waals surface area (Å²) in [6.45, 7) is 5.00. The molecule has 0 radical (unpaired) electrons. The number of alkyl halides is 2. The number of fused-ring (bicyclic) bond motifs is 1. The number of benzene rings is 1. The molecule has 9 heteroatoms. The topological polar surface area (TPSA) is 55.2 Å². The minimum Gasteiger partial charge on any atom is -0.487 e. The third kappa shape index (κ3) is 4.11. The third-order valence-corrected chi connectivity index (χ3v) is 6.35. The lowest BCUT2D eigenvalue weighted by molar-refractivity contribution is 0.137. The van der Waals surface area contributed by atoms with Crippen molar-refractivity contribution >= 4 is 11.6 Å². The summed E-state index contributed by atoms with van der Waals surface area (Å²) in [5, 5.41) is 11.9. The van der Waals surface area contributed by atoms with E-state index in [1.807, 2.05) is 12.1 Å². The van der Waals surface area contributed by atoms with Crippen LogP contribution >= 0.6 is 11.6 Å². The van der Waals surface area contributed by atoms with E-state index in [-0.39, 0.29) is 24.0 Å². The average Bonchev–Trinajstić information content (AvgIpc) is 3.27. The van der Waals surface area contributed by atoms with Crippen molar-refractivity contribution in [1.82, 2.24) is 25.2 Å². The van der Waals surface area contributed by atoms with Gasteiger partial charge in [0.25, 0.3) is 6.43 Å². The molecule has 2 aliphatic heterocycles.